The minimum atomic E-state index is -4.90. The smallest absolute Gasteiger partial charge is 0.419 e. The number of rotatable bonds is 4. The zero-order valence-electron chi connectivity index (χ0n) is 12.0. The molecule has 4 nitrogen and oxygen atoms in total. The molecule has 1 aliphatic heterocycles. The van der Waals surface area contributed by atoms with Crippen LogP contribution in [0.25, 0.3) is 0 Å². The monoisotopic (exact) mass is 338 g/mol. The maximum atomic E-state index is 14.3. The quantitative estimate of drug-likeness (QED) is 0.601. The fourth-order valence-corrected chi connectivity index (χ4v) is 2.21. The standard InChI is InChI=1S/C16H10F4N2O2/c17-13-10(8-24-15(23)9-4-2-1-3-5-9)6-7-11(14-21-22-14)12(13)16(18,19)20/h1-7,14H,8H2. The summed E-state index contributed by atoms with van der Waals surface area (Å²) < 4.78 is 58.5. The molecule has 0 aromatic heterocycles. The minimum absolute atomic E-state index is 0.223. The minimum Gasteiger partial charge on any atom is -0.457 e. The van der Waals surface area contributed by atoms with Crippen LogP contribution < -0.4 is 0 Å². The van der Waals surface area contributed by atoms with Crippen LogP contribution in [0.4, 0.5) is 17.6 Å². The Bertz CT molecular complexity index is 798. The average Bonchev–Trinajstić information content (AvgIpc) is 3.37. The van der Waals surface area contributed by atoms with E-state index in [1.54, 1.807) is 18.2 Å². The molecule has 0 unspecified atom stereocenters. The van der Waals surface area contributed by atoms with Gasteiger partial charge >= 0.3 is 12.1 Å². The third-order valence-corrected chi connectivity index (χ3v) is 3.42. The van der Waals surface area contributed by atoms with Crippen LogP contribution in [0, 0.1) is 5.82 Å². The second-order valence-corrected chi connectivity index (χ2v) is 5.05. The SMILES string of the molecule is O=C(OCc1ccc(C2N=N2)c(C(F)(F)F)c1F)c1ccccc1. The zero-order chi connectivity index (χ0) is 17.3. The lowest BCUT2D eigenvalue weighted by Gasteiger charge is -2.15. The summed E-state index contributed by atoms with van der Waals surface area (Å²) in [7, 11) is 0. The molecule has 1 aliphatic rings. The molecule has 0 bridgehead atoms. The second kappa shape index (κ2) is 6.03. The number of hydrogen-bond acceptors (Lipinski definition) is 4. The molecule has 0 saturated carbocycles. The van der Waals surface area contributed by atoms with Crippen molar-refractivity contribution in [3.05, 3.63) is 70.5 Å². The lowest BCUT2D eigenvalue weighted by molar-refractivity contribution is -0.140. The summed E-state index contributed by atoms with van der Waals surface area (Å²) in [6.45, 7) is -0.609. The van der Waals surface area contributed by atoms with Crippen LogP contribution in [-0.4, -0.2) is 5.97 Å². The van der Waals surface area contributed by atoms with Crippen LogP contribution in [0.1, 0.15) is 33.2 Å². The number of nitrogens with zero attached hydrogens (tertiary/aromatic N) is 2. The fraction of sp³-hybridized carbons (Fsp3) is 0.188. The number of carbonyl (C=O) groups excluding carboxylic acids is 1. The fourth-order valence-electron chi connectivity index (χ4n) is 2.21. The van der Waals surface area contributed by atoms with Gasteiger partial charge in [0.15, 0.2) is 0 Å². The molecule has 0 atom stereocenters. The predicted octanol–water partition coefficient (Wildman–Crippen LogP) is 4.67. The van der Waals surface area contributed by atoms with Gasteiger partial charge in [-0.25, -0.2) is 9.18 Å². The molecule has 24 heavy (non-hydrogen) atoms. The van der Waals surface area contributed by atoms with Crippen molar-refractivity contribution in [2.45, 2.75) is 18.9 Å². The Balaban J connectivity index is 1.83. The van der Waals surface area contributed by atoms with E-state index in [2.05, 4.69) is 10.2 Å². The van der Waals surface area contributed by atoms with Crippen molar-refractivity contribution in [1.82, 2.24) is 0 Å². The molecule has 0 amide bonds. The van der Waals surface area contributed by atoms with Crippen LogP contribution in [0.15, 0.2) is 52.7 Å². The molecule has 0 radical (unpaired) electrons. The lowest BCUT2D eigenvalue weighted by atomic mass is 10.0. The molecule has 0 saturated heterocycles. The first-order chi connectivity index (χ1) is 11.4. The van der Waals surface area contributed by atoms with Crippen molar-refractivity contribution in [2.75, 3.05) is 0 Å². The third-order valence-electron chi connectivity index (χ3n) is 3.42. The number of halogens is 4. The summed E-state index contributed by atoms with van der Waals surface area (Å²) in [5.41, 5.74) is -1.92. The molecule has 0 fully saturated rings. The highest BCUT2D eigenvalue weighted by molar-refractivity contribution is 5.89. The second-order valence-electron chi connectivity index (χ2n) is 5.05. The Morgan fingerprint density at radius 3 is 2.33 bits per heavy atom. The van der Waals surface area contributed by atoms with Crippen molar-refractivity contribution in [2.24, 2.45) is 10.2 Å². The third kappa shape index (κ3) is 3.27. The Kier molecular flexibility index (Phi) is 4.04. The molecule has 2 aromatic rings. The van der Waals surface area contributed by atoms with Gasteiger partial charge in [-0.05, 0) is 12.1 Å². The highest BCUT2D eigenvalue weighted by Gasteiger charge is 2.41. The van der Waals surface area contributed by atoms with E-state index < -0.39 is 36.3 Å². The van der Waals surface area contributed by atoms with Crippen LogP contribution >= 0.6 is 0 Å². The maximum Gasteiger partial charge on any atom is 0.419 e. The largest absolute Gasteiger partial charge is 0.457 e. The van der Waals surface area contributed by atoms with Crippen molar-refractivity contribution in [3.8, 4) is 0 Å². The van der Waals surface area contributed by atoms with Crippen molar-refractivity contribution in [3.63, 3.8) is 0 Å². The average molecular weight is 338 g/mol. The molecule has 0 N–H and O–H groups in total. The molecule has 2 aromatic carbocycles. The summed E-state index contributed by atoms with van der Waals surface area (Å²) in [5.74, 6) is -2.22. The molecule has 0 spiro atoms. The van der Waals surface area contributed by atoms with E-state index in [0.29, 0.717) is 0 Å². The summed E-state index contributed by atoms with van der Waals surface area (Å²) in [6, 6.07) is 10.1. The molecular formula is C16H10F4N2O2. The van der Waals surface area contributed by atoms with Gasteiger partial charge in [0.25, 0.3) is 0 Å². The first-order valence-electron chi connectivity index (χ1n) is 6.88. The first-order valence-corrected chi connectivity index (χ1v) is 6.88. The van der Waals surface area contributed by atoms with E-state index in [1.807, 2.05) is 0 Å². The number of alkyl halides is 3. The van der Waals surface area contributed by atoms with Gasteiger partial charge in [0.1, 0.15) is 12.4 Å². The Hall–Kier alpha value is -2.77. The van der Waals surface area contributed by atoms with Gasteiger partial charge in [0.05, 0.1) is 11.1 Å². The predicted molar refractivity (Wildman–Crippen MR) is 74.6 cm³/mol. The summed E-state index contributed by atoms with van der Waals surface area (Å²) >= 11 is 0. The Morgan fingerprint density at radius 2 is 1.75 bits per heavy atom. The van der Waals surface area contributed by atoms with Crippen LogP contribution in [0.2, 0.25) is 0 Å². The molecule has 3 rings (SSSR count). The summed E-state index contributed by atoms with van der Waals surface area (Å²) in [6.07, 6.45) is -5.89. The molecule has 0 aliphatic carbocycles. The van der Waals surface area contributed by atoms with Gasteiger partial charge < -0.3 is 4.74 Å². The van der Waals surface area contributed by atoms with Gasteiger partial charge in [-0.15, -0.1) is 0 Å². The zero-order valence-corrected chi connectivity index (χ0v) is 12.0. The summed E-state index contributed by atoms with van der Waals surface area (Å²) in [5, 5.41) is 6.81. The Morgan fingerprint density at radius 1 is 1.08 bits per heavy atom. The van der Waals surface area contributed by atoms with Gasteiger partial charge in [-0.1, -0.05) is 30.3 Å². The van der Waals surface area contributed by atoms with Gasteiger partial charge in [-0.3, -0.25) is 0 Å². The van der Waals surface area contributed by atoms with Crippen molar-refractivity contribution >= 4 is 5.97 Å². The molecular weight excluding hydrogens is 328 g/mol. The number of esters is 1. The maximum absolute atomic E-state index is 14.3. The van der Waals surface area contributed by atoms with Crippen LogP contribution in [0.3, 0.4) is 0 Å². The molecule has 8 heteroatoms. The molecule has 1 heterocycles. The normalized spacial score (nSPS) is 13.8. The highest BCUT2D eigenvalue weighted by atomic mass is 19.4. The van der Waals surface area contributed by atoms with Gasteiger partial charge in [0.2, 0.25) is 6.17 Å². The Labute approximate surface area is 133 Å². The van der Waals surface area contributed by atoms with E-state index in [0.717, 1.165) is 12.1 Å². The van der Waals surface area contributed by atoms with Crippen molar-refractivity contribution < 1.29 is 27.1 Å². The molecule has 124 valence electrons. The van der Waals surface area contributed by atoms with Gasteiger partial charge in [-0.2, -0.15) is 23.4 Å². The van der Waals surface area contributed by atoms with Crippen LogP contribution in [0.5, 0.6) is 0 Å². The van der Waals surface area contributed by atoms with Crippen LogP contribution in [-0.2, 0) is 17.5 Å². The van der Waals surface area contributed by atoms with E-state index >= 15 is 0 Å². The highest BCUT2D eigenvalue weighted by Crippen LogP contribution is 2.42. The van der Waals surface area contributed by atoms with E-state index in [4.69, 9.17) is 4.74 Å². The van der Waals surface area contributed by atoms with E-state index in [-0.39, 0.29) is 16.7 Å². The first kappa shape index (κ1) is 16.1. The van der Waals surface area contributed by atoms with E-state index in [9.17, 15) is 22.4 Å². The number of ether oxygens (including phenoxy) is 1. The lowest BCUT2D eigenvalue weighted by Crippen LogP contribution is -2.15. The van der Waals surface area contributed by atoms with Crippen molar-refractivity contribution in [1.29, 1.82) is 0 Å². The number of carbonyl (C=O) groups is 1. The topological polar surface area (TPSA) is 51.0 Å². The number of benzene rings is 2. The van der Waals surface area contributed by atoms with E-state index in [1.165, 1.54) is 12.1 Å². The van der Waals surface area contributed by atoms with Gasteiger partial charge in [0, 0.05) is 11.1 Å². The number of hydrogen-bond donors (Lipinski definition) is 0. The summed E-state index contributed by atoms with van der Waals surface area (Å²) in [4.78, 5) is 11.8.